The molecule has 0 fully saturated rings. The van der Waals surface area contributed by atoms with Crippen molar-refractivity contribution in [3.8, 4) is 5.75 Å². The largest absolute Gasteiger partial charge is 0.494 e. The lowest BCUT2D eigenvalue weighted by atomic mass is 9.94. The predicted molar refractivity (Wildman–Crippen MR) is 87.3 cm³/mol. The summed E-state index contributed by atoms with van der Waals surface area (Å²) in [7, 11) is 0. The van der Waals surface area contributed by atoms with E-state index >= 15 is 0 Å². The summed E-state index contributed by atoms with van der Waals surface area (Å²) in [6.07, 6.45) is 0. The van der Waals surface area contributed by atoms with E-state index in [0.29, 0.717) is 6.61 Å². The minimum atomic E-state index is -0.186. The van der Waals surface area contributed by atoms with Crippen LogP contribution in [0.2, 0.25) is 0 Å². The zero-order valence-electron chi connectivity index (χ0n) is 12.1. The number of aryl methyl sites for hydroxylation is 1. The van der Waals surface area contributed by atoms with Crippen LogP contribution in [0.5, 0.6) is 5.75 Å². The van der Waals surface area contributed by atoms with Crippen molar-refractivity contribution in [3.05, 3.63) is 63.1 Å². The van der Waals surface area contributed by atoms with Gasteiger partial charge in [0.1, 0.15) is 5.75 Å². The van der Waals surface area contributed by atoms with Crippen molar-refractivity contribution in [2.75, 3.05) is 6.61 Å². The molecule has 2 nitrogen and oxygen atoms in total. The van der Waals surface area contributed by atoms with Gasteiger partial charge in [0.05, 0.1) is 12.6 Å². The molecule has 2 rings (SSSR count). The minimum absolute atomic E-state index is 0.186. The van der Waals surface area contributed by atoms with E-state index in [4.69, 9.17) is 10.5 Å². The van der Waals surface area contributed by atoms with Crippen LogP contribution in [-0.4, -0.2) is 6.61 Å². The lowest BCUT2D eigenvalue weighted by molar-refractivity contribution is 0.335. The van der Waals surface area contributed by atoms with Crippen LogP contribution in [0.1, 0.15) is 35.2 Å². The second-order valence-electron chi connectivity index (χ2n) is 4.91. The second kappa shape index (κ2) is 6.42. The van der Waals surface area contributed by atoms with Crippen molar-refractivity contribution < 1.29 is 4.74 Å². The van der Waals surface area contributed by atoms with Gasteiger partial charge in [-0.15, -0.1) is 0 Å². The van der Waals surface area contributed by atoms with Gasteiger partial charge >= 0.3 is 0 Å². The van der Waals surface area contributed by atoms with Crippen molar-refractivity contribution in [2.24, 2.45) is 5.73 Å². The van der Waals surface area contributed by atoms with Crippen LogP contribution in [-0.2, 0) is 0 Å². The molecule has 20 heavy (non-hydrogen) atoms. The van der Waals surface area contributed by atoms with E-state index in [9.17, 15) is 0 Å². The topological polar surface area (TPSA) is 35.2 Å². The van der Waals surface area contributed by atoms with Gasteiger partial charge < -0.3 is 10.5 Å². The molecule has 2 N–H and O–H groups in total. The highest BCUT2D eigenvalue weighted by atomic mass is 79.9. The fourth-order valence-corrected chi connectivity index (χ4v) is 2.71. The summed E-state index contributed by atoms with van der Waals surface area (Å²) in [4.78, 5) is 0. The van der Waals surface area contributed by atoms with Gasteiger partial charge in [-0.05, 0) is 44.0 Å². The summed E-state index contributed by atoms with van der Waals surface area (Å²) in [6.45, 7) is 6.77. The second-order valence-corrected chi connectivity index (χ2v) is 5.76. The summed E-state index contributed by atoms with van der Waals surface area (Å²) < 4.78 is 6.79. The van der Waals surface area contributed by atoms with Gasteiger partial charge in [-0.2, -0.15) is 0 Å². The summed E-state index contributed by atoms with van der Waals surface area (Å²) in [6, 6.07) is 12.1. The van der Waals surface area contributed by atoms with E-state index < -0.39 is 0 Å². The van der Waals surface area contributed by atoms with E-state index in [1.807, 2.05) is 25.1 Å². The van der Waals surface area contributed by atoms with E-state index in [-0.39, 0.29) is 6.04 Å². The minimum Gasteiger partial charge on any atom is -0.494 e. The quantitative estimate of drug-likeness (QED) is 0.893. The Bertz CT molecular complexity index is 610. The molecule has 0 bridgehead atoms. The Morgan fingerprint density at radius 1 is 1.15 bits per heavy atom. The predicted octanol–water partition coefficient (Wildman–Crippen LogP) is 4.51. The number of hydrogen-bond acceptors (Lipinski definition) is 2. The molecule has 0 amide bonds. The molecule has 1 atom stereocenters. The average Bonchev–Trinajstić information content (AvgIpc) is 2.43. The zero-order valence-corrected chi connectivity index (χ0v) is 13.7. The molecule has 0 spiro atoms. The van der Waals surface area contributed by atoms with E-state index in [1.165, 1.54) is 11.1 Å². The number of ether oxygens (including phenoxy) is 1. The van der Waals surface area contributed by atoms with Gasteiger partial charge in [0.2, 0.25) is 0 Å². The lowest BCUT2D eigenvalue weighted by Crippen LogP contribution is -2.15. The summed E-state index contributed by atoms with van der Waals surface area (Å²) in [5.74, 6) is 0.866. The Balaban J connectivity index is 2.49. The van der Waals surface area contributed by atoms with Crippen LogP contribution in [0.25, 0.3) is 0 Å². The smallest absolute Gasteiger partial charge is 0.124 e. The molecular formula is C17H20BrNO. The summed E-state index contributed by atoms with van der Waals surface area (Å²) in [5.41, 5.74) is 11.0. The molecule has 0 aliphatic heterocycles. The maximum Gasteiger partial charge on any atom is 0.124 e. The monoisotopic (exact) mass is 333 g/mol. The van der Waals surface area contributed by atoms with Crippen molar-refractivity contribution >= 4 is 15.9 Å². The Morgan fingerprint density at radius 3 is 2.60 bits per heavy atom. The third-order valence-corrected chi connectivity index (χ3v) is 4.30. The molecule has 106 valence electrons. The van der Waals surface area contributed by atoms with Crippen LogP contribution >= 0.6 is 15.9 Å². The van der Waals surface area contributed by atoms with Crippen molar-refractivity contribution in [2.45, 2.75) is 26.8 Å². The molecule has 0 aliphatic carbocycles. The van der Waals surface area contributed by atoms with Gasteiger partial charge in [0.15, 0.2) is 0 Å². The Morgan fingerprint density at radius 2 is 1.90 bits per heavy atom. The van der Waals surface area contributed by atoms with Crippen LogP contribution in [0.3, 0.4) is 0 Å². The molecule has 0 aromatic heterocycles. The summed E-state index contributed by atoms with van der Waals surface area (Å²) >= 11 is 3.56. The lowest BCUT2D eigenvalue weighted by Gasteiger charge is -2.20. The van der Waals surface area contributed by atoms with Gasteiger partial charge in [0.25, 0.3) is 0 Å². The Hall–Kier alpha value is -1.32. The molecule has 1 unspecified atom stereocenters. The SMILES string of the molecule is CCOc1ccc(C)cc1C(N)c1cccc(Br)c1C. The standard InChI is InChI=1S/C17H20BrNO/c1-4-20-16-9-8-11(2)10-14(16)17(19)13-6-5-7-15(18)12(13)3/h5-10,17H,4,19H2,1-3H3. The van der Waals surface area contributed by atoms with E-state index in [0.717, 1.165) is 21.3 Å². The third kappa shape index (κ3) is 3.05. The Labute approximate surface area is 129 Å². The first-order valence-corrected chi connectivity index (χ1v) is 7.57. The van der Waals surface area contributed by atoms with Crippen LogP contribution in [0.15, 0.2) is 40.9 Å². The van der Waals surface area contributed by atoms with Gasteiger partial charge in [-0.3, -0.25) is 0 Å². The third-order valence-electron chi connectivity index (χ3n) is 3.44. The zero-order chi connectivity index (χ0) is 14.7. The fourth-order valence-electron chi connectivity index (χ4n) is 2.33. The first kappa shape index (κ1) is 15.1. The van der Waals surface area contributed by atoms with Crippen LogP contribution < -0.4 is 10.5 Å². The maximum absolute atomic E-state index is 6.49. The molecule has 0 heterocycles. The number of halogens is 1. The van der Waals surface area contributed by atoms with E-state index in [2.05, 4.69) is 48.0 Å². The fraction of sp³-hybridized carbons (Fsp3) is 0.294. The number of nitrogens with two attached hydrogens (primary N) is 1. The summed E-state index contributed by atoms with van der Waals surface area (Å²) in [5, 5.41) is 0. The molecule has 0 radical (unpaired) electrons. The van der Waals surface area contributed by atoms with Crippen LogP contribution in [0.4, 0.5) is 0 Å². The van der Waals surface area contributed by atoms with Gasteiger partial charge in [-0.1, -0.05) is 45.8 Å². The van der Waals surface area contributed by atoms with Crippen molar-refractivity contribution in [1.29, 1.82) is 0 Å². The first-order chi connectivity index (χ1) is 9.54. The van der Waals surface area contributed by atoms with Crippen molar-refractivity contribution in [1.82, 2.24) is 0 Å². The molecule has 0 saturated heterocycles. The maximum atomic E-state index is 6.49. The number of rotatable bonds is 4. The first-order valence-electron chi connectivity index (χ1n) is 6.78. The molecule has 2 aromatic rings. The molecule has 2 aromatic carbocycles. The van der Waals surface area contributed by atoms with Crippen molar-refractivity contribution in [3.63, 3.8) is 0 Å². The highest BCUT2D eigenvalue weighted by Gasteiger charge is 2.17. The number of benzene rings is 2. The Kier molecular flexibility index (Phi) is 4.84. The number of hydrogen-bond donors (Lipinski definition) is 1. The molecule has 0 saturated carbocycles. The van der Waals surface area contributed by atoms with Crippen LogP contribution in [0, 0.1) is 13.8 Å². The highest BCUT2D eigenvalue weighted by molar-refractivity contribution is 9.10. The van der Waals surface area contributed by atoms with E-state index in [1.54, 1.807) is 0 Å². The molecule has 0 aliphatic rings. The normalized spacial score (nSPS) is 12.2. The highest BCUT2D eigenvalue weighted by Crippen LogP contribution is 2.32. The molecular weight excluding hydrogens is 314 g/mol. The van der Waals surface area contributed by atoms with Gasteiger partial charge in [0, 0.05) is 10.0 Å². The molecule has 3 heteroatoms. The van der Waals surface area contributed by atoms with Gasteiger partial charge in [-0.25, -0.2) is 0 Å². The average molecular weight is 334 g/mol.